The Morgan fingerprint density at radius 3 is 2.50 bits per heavy atom. The number of nitrogens with one attached hydrogen (secondary N) is 1. The molecule has 0 spiro atoms. The molecule has 2 N–H and O–H groups in total. The molecule has 8 nitrogen and oxygen atoms in total. The minimum atomic E-state index is -1.48. The summed E-state index contributed by atoms with van der Waals surface area (Å²) in [5.41, 5.74) is 3.28. The third-order valence-electron chi connectivity index (χ3n) is 4.56. The van der Waals surface area contributed by atoms with Gasteiger partial charge in [-0.25, -0.2) is 0 Å². The summed E-state index contributed by atoms with van der Waals surface area (Å²) in [5, 5.41) is 22.5. The van der Waals surface area contributed by atoms with Crippen molar-refractivity contribution in [2.45, 2.75) is 19.9 Å². The van der Waals surface area contributed by atoms with Crippen LogP contribution in [0.1, 0.15) is 17.5 Å². The number of carbonyl (C=O) groups is 3. The van der Waals surface area contributed by atoms with E-state index in [-0.39, 0.29) is 54.8 Å². The molecule has 0 saturated carbocycles. The summed E-state index contributed by atoms with van der Waals surface area (Å²) in [6.45, 7) is 1.74. The van der Waals surface area contributed by atoms with E-state index >= 15 is 0 Å². The van der Waals surface area contributed by atoms with Crippen LogP contribution in [0.15, 0.2) is 53.9 Å². The van der Waals surface area contributed by atoms with Crippen molar-refractivity contribution < 1.29 is 54.2 Å². The van der Waals surface area contributed by atoms with Crippen molar-refractivity contribution in [1.29, 1.82) is 0 Å². The Labute approximate surface area is 195 Å². The van der Waals surface area contributed by atoms with Gasteiger partial charge in [0.2, 0.25) is 0 Å². The van der Waals surface area contributed by atoms with Crippen LogP contribution in [0.2, 0.25) is 0 Å². The molecule has 0 aliphatic carbocycles. The monoisotopic (exact) mass is 417 g/mol. The SMILES string of the molecule is Cc1ccc(-c2ccc(CN3CCC(O)=C(C(=O)NCC(=O)[O-])C3=O)cc2)nc1.[Na+]. The Morgan fingerprint density at radius 2 is 1.90 bits per heavy atom. The Hall–Kier alpha value is -2.68. The third kappa shape index (κ3) is 5.69. The number of hydrogen-bond donors (Lipinski definition) is 2. The van der Waals surface area contributed by atoms with Crippen LogP contribution < -0.4 is 40.0 Å². The van der Waals surface area contributed by atoms with Crippen molar-refractivity contribution in [1.82, 2.24) is 15.2 Å². The summed E-state index contributed by atoms with van der Waals surface area (Å²) in [4.78, 5) is 41.0. The summed E-state index contributed by atoms with van der Waals surface area (Å²) >= 11 is 0. The van der Waals surface area contributed by atoms with E-state index in [0.717, 1.165) is 22.4 Å². The topological polar surface area (TPSA) is 123 Å². The third-order valence-corrected chi connectivity index (χ3v) is 4.56. The number of carboxylic acid groups (broad SMARTS) is 1. The average Bonchev–Trinajstić information content (AvgIpc) is 2.70. The Balaban J connectivity index is 0.00000320. The van der Waals surface area contributed by atoms with Crippen LogP contribution in [-0.2, 0) is 20.9 Å². The second-order valence-corrected chi connectivity index (χ2v) is 6.77. The van der Waals surface area contributed by atoms with E-state index in [1.165, 1.54) is 4.90 Å². The molecule has 0 fully saturated rings. The van der Waals surface area contributed by atoms with Crippen LogP contribution in [0, 0.1) is 6.92 Å². The van der Waals surface area contributed by atoms with Gasteiger partial charge in [0.1, 0.15) is 11.3 Å². The minimum absolute atomic E-state index is 0. The molecule has 0 saturated heterocycles. The molecule has 3 rings (SSSR count). The van der Waals surface area contributed by atoms with E-state index in [2.05, 4.69) is 10.3 Å². The first kappa shape index (κ1) is 23.6. The summed E-state index contributed by atoms with van der Waals surface area (Å²) in [7, 11) is 0. The first-order chi connectivity index (χ1) is 13.8. The van der Waals surface area contributed by atoms with Crippen LogP contribution in [0.3, 0.4) is 0 Å². The molecule has 2 heterocycles. The largest absolute Gasteiger partial charge is 1.00 e. The number of benzene rings is 1. The van der Waals surface area contributed by atoms with Gasteiger partial charge < -0.3 is 25.2 Å². The molecule has 0 radical (unpaired) electrons. The van der Waals surface area contributed by atoms with Gasteiger partial charge in [0, 0.05) is 31.3 Å². The fourth-order valence-corrected chi connectivity index (χ4v) is 3.01. The zero-order valence-electron chi connectivity index (χ0n) is 16.8. The normalized spacial score (nSPS) is 13.6. The number of hydrogen-bond acceptors (Lipinski definition) is 6. The van der Waals surface area contributed by atoms with Gasteiger partial charge in [-0.3, -0.25) is 14.6 Å². The Morgan fingerprint density at radius 1 is 1.20 bits per heavy atom. The maximum absolute atomic E-state index is 12.6. The molecule has 1 aromatic carbocycles. The predicted octanol–water partition coefficient (Wildman–Crippen LogP) is -2.53. The van der Waals surface area contributed by atoms with Crippen LogP contribution in [0.25, 0.3) is 11.3 Å². The van der Waals surface area contributed by atoms with Gasteiger partial charge in [-0.2, -0.15) is 0 Å². The van der Waals surface area contributed by atoms with Gasteiger partial charge in [-0.05, 0) is 24.1 Å². The molecule has 2 amide bonds. The number of nitrogens with zero attached hydrogens (tertiary/aromatic N) is 2. The number of aliphatic carboxylic acids is 1. The van der Waals surface area contributed by atoms with E-state index in [0.29, 0.717) is 0 Å². The average molecular weight is 417 g/mol. The molecule has 150 valence electrons. The Bertz CT molecular complexity index is 971. The first-order valence-corrected chi connectivity index (χ1v) is 9.06. The van der Waals surface area contributed by atoms with Crippen molar-refractivity contribution in [3.05, 3.63) is 65.1 Å². The smallest absolute Gasteiger partial charge is 0.548 e. The molecule has 0 atom stereocenters. The minimum Gasteiger partial charge on any atom is -0.548 e. The number of pyridine rings is 1. The molecule has 1 aliphatic rings. The number of aliphatic hydroxyl groups is 1. The van der Waals surface area contributed by atoms with Crippen molar-refractivity contribution in [2.24, 2.45) is 0 Å². The van der Waals surface area contributed by atoms with Crippen molar-refractivity contribution in [3.8, 4) is 11.3 Å². The maximum Gasteiger partial charge on any atom is 1.00 e. The van der Waals surface area contributed by atoms with Gasteiger partial charge in [-0.15, -0.1) is 0 Å². The number of aryl methyl sites for hydroxylation is 1. The van der Waals surface area contributed by atoms with Crippen molar-refractivity contribution in [3.63, 3.8) is 0 Å². The molecule has 0 unspecified atom stereocenters. The van der Waals surface area contributed by atoms with Crippen molar-refractivity contribution >= 4 is 17.8 Å². The standard InChI is InChI=1S/C21H21N3O5.Na/c1-13-2-7-16(22-10-13)15-5-3-14(4-6-15)12-24-9-8-17(25)19(21(24)29)20(28)23-11-18(26)27;/h2-7,10,25H,8-9,11-12H2,1H3,(H,23,28)(H,26,27);/q;+1/p-1. The van der Waals surface area contributed by atoms with Gasteiger partial charge in [0.05, 0.1) is 18.2 Å². The number of aliphatic hydroxyl groups excluding tert-OH is 1. The number of rotatable bonds is 6. The summed E-state index contributed by atoms with van der Waals surface area (Å²) in [6.07, 6.45) is 1.91. The first-order valence-electron chi connectivity index (χ1n) is 9.06. The molecule has 1 aromatic heterocycles. The van der Waals surface area contributed by atoms with Gasteiger partial charge >= 0.3 is 29.6 Å². The van der Waals surface area contributed by atoms with E-state index in [4.69, 9.17) is 0 Å². The summed E-state index contributed by atoms with van der Waals surface area (Å²) in [5.74, 6) is -3.40. The van der Waals surface area contributed by atoms with E-state index in [9.17, 15) is 24.6 Å². The molecule has 30 heavy (non-hydrogen) atoms. The van der Waals surface area contributed by atoms with Gasteiger partial charge in [-0.1, -0.05) is 30.3 Å². The quantitative estimate of drug-likeness (QED) is 0.395. The molecule has 1 aliphatic heterocycles. The van der Waals surface area contributed by atoms with E-state index in [1.54, 1.807) is 6.20 Å². The molecule has 9 heteroatoms. The molecule has 0 bridgehead atoms. The van der Waals surface area contributed by atoms with E-state index in [1.807, 2.05) is 43.3 Å². The van der Waals surface area contributed by atoms with Crippen LogP contribution in [-0.4, -0.2) is 45.9 Å². The summed E-state index contributed by atoms with van der Waals surface area (Å²) < 4.78 is 0. The van der Waals surface area contributed by atoms with Crippen LogP contribution >= 0.6 is 0 Å². The number of amides is 2. The predicted molar refractivity (Wildman–Crippen MR) is 102 cm³/mol. The maximum atomic E-state index is 12.6. The number of carbonyl (C=O) groups excluding carboxylic acids is 3. The van der Waals surface area contributed by atoms with Gasteiger partial charge in [0.25, 0.3) is 11.8 Å². The van der Waals surface area contributed by atoms with Crippen LogP contribution in [0.5, 0.6) is 0 Å². The molecular formula is C21H20N3NaO5. The second-order valence-electron chi connectivity index (χ2n) is 6.77. The molecule has 2 aromatic rings. The van der Waals surface area contributed by atoms with Crippen molar-refractivity contribution in [2.75, 3.05) is 13.1 Å². The fourth-order valence-electron chi connectivity index (χ4n) is 3.01. The molecular weight excluding hydrogens is 397 g/mol. The fraction of sp³-hybridized carbons (Fsp3) is 0.238. The number of carboxylic acids is 1. The van der Waals surface area contributed by atoms with Gasteiger partial charge in [0.15, 0.2) is 0 Å². The zero-order chi connectivity index (χ0) is 21.0. The zero-order valence-corrected chi connectivity index (χ0v) is 18.8. The Kier molecular flexibility index (Phi) is 8.16. The summed E-state index contributed by atoms with van der Waals surface area (Å²) in [6, 6.07) is 11.5. The second kappa shape index (κ2) is 10.4. The van der Waals surface area contributed by atoms with E-state index < -0.39 is 29.9 Å². The number of aromatic nitrogens is 1. The van der Waals surface area contributed by atoms with Crippen LogP contribution in [0.4, 0.5) is 0 Å².